The van der Waals surface area contributed by atoms with Crippen molar-refractivity contribution in [1.82, 2.24) is 15.3 Å². The summed E-state index contributed by atoms with van der Waals surface area (Å²) in [5, 5.41) is 10.9. The van der Waals surface area contributed by atoms with Gasteiger partial charge in [-0.05, 0) is 0 Å². The molecule has 3 heterocycles. The summed E-state index contributed by atoms with van der Waals surface area (Å²) in [6.45, 7) is 1.58. The number of carbonyl (C=O) groups excluding carboxylic acids is 1. The molecule has 0 fully saturated rings. The number of hydrogen-bond acceptors (Lipinski definition) is 6. The third kappa shape index (κ3) is 4.11. The normalized spacial score (nSPS) is 17.2. The van der Waals surface area contributed by atoms with Crippen LogP contribution in [0.4, 0.5) is 0 Å². The van der Waals surface area contributed by atoms with Crippen LogP contribution in [-0.4, -0.2) is 28.1 Å². The summed E-state index contributed by atoms with van der Waals surface area (Å²) in [6.07, 6.45) is 10.1. The lowest BCUT2D eigenvalue weighted by atomic mass is 10.0. The molecule has 0 bridgehead atoms. The van der Waals surface area contributed by atoms with Gasteiger partial charge in [-0.1, -0.05) is 0 Å². The van der Waals surface area contributed by atoms with Crippen molar-refractivity contribution in [3.63, 3.8) is 0 Å². The number of amides is 1. The first-order chi connectivity index (χ1) is 11.2. The van der Waals surface area contributed by atoms with Crippen LogP contribution in [0, 0.1) is 12.3 Å². The predicted molar refractivity (Wildman–Crippen MR) is 82.1 cm³/mol. The van der Waals surface area contributed by atoms with Gasteiger partial charge in [0, 0.05) is 43.9 Å². The minimum absolute atomic E-state index is 0.0490. The topological polar surface area (TPSA) is 88.8 Å². The van der Waals surface area contributed by atoms with Crippen LogP contribution in [0.15, 0.2) is 16.4 Å². The van der Waals surface area contributed by atoms with Gasteiger partial charge in [-0.25, -0.2) is 9.97 Å². The molecule has 2 aliphatic rings. The molecule has 1 aromatic rings. The van der Waals surface area contributed by atoms with E-state index in [0.29, 0.717) is 51.3 Å². The molecule has 2 aliphatic heterocycles. The van der Waals surface area contributed by atoms with Crippen molar-refractivity contribution >= 4 is 5.91 Å². The molecule has 0 spiro atoms. The molecular weight excluding hydrogens is 294 g/mol. The van der Waals surface area contributed by atoms with E-state index in [1.54, 1.807) is 6.20 Å². The molecule has 0 aliphatic carbocycles. The first-order valence-electron chi connectivity index (χ1n) is 7.76. The summed E-state index contributed by atoms with van der Waals surface area (Å²) < 4.78 is 5.35. The second kappa shape index (κ2) is 6.84. The number of aromatic nitrogens is 2. The number of fused-ring (bicyclic) bond motifs is 1. The number of terminal acetylenes is 1. The summed E-state index contributed by atoms with van der Waals surface area (Å²) in [5.74, 6) is 3.15. The Hall–Kier alpha value is -2.33. The fraction of sp³-hybridized carbons (Fsp3) is 0.562. The first kappa shape index (κ1) is 15.6. The molecule has 7 heteroatoms. The van der Waals surface area contributed by atoms with E-state index in [1.807, 2.05) is 0 Å². The van der Waals surface area contributed by atoms with E-state index in [4.69, 9.17) is 11.2 Å². The maximum atomic E-state index is 11.9. The monoisotopic (exact) mass is 313 g/mol. The van der Waals surface area contributed by atoms with E-state index in [-0.39, 0.29) is 5.91 Å². The molecule has 1 aromatic heterocycles. The van der Waals surface area contributed by atoms with Gasteiger partial charge < -0.3 is 10.1 Å². The zero-order valence-corrected chi connectivity index (χ0v) is 12.9. The highest BCUT2D eigenvalue weighted by molar-refractivity contribution is 5.75. The molecular formula is C16H19N5O2. The maximum absolute atomic E-state index is 11.9. The van der Waals surface area contributed by atoms with E-state index < -0.39 is 5.66 Å². The maximum Gasteiger partial charge on any atom is 0.220 e. The third-order valence-corrected chi connectivity index (χ3v) is 3.99. The van der Waals surface area contributed by atoms with Gasteiger partial charge in [0.2, 0.25) is 5.91 Å². The molecule has 0 radical (unpaired) electrons. The Morgan fingerprint density at radius 1 is 1.43 bits per heavy atom. The fourth-order valence-electron chi connectivity index (χ4n) is 2.50. The van der Waals surface area contributed by atoms with Crippen molar-refractivity contribution in [3.8, 4) is 12.3 Å². The van der Waals surface area contributed by atoms with E-state index >= 15 is 0 Å². The highest BCUT2D eigenvalue weighted by Gasteiger charge is 2.39. The average Bonchev–Trinajstić information content (AvgIpc) is 3.36. The second-order valence-corrected chi connectivity index (χ2v) is 5.72. The van der Waals surface area contributed by atoms with E-state index in [0.717, 1.165) is 17.7 Å². The van der Waals surface area contributed by atoms with E-state index in [2.05, 4.69) is 31.4 Å². The van der Waals surface area contributed by atoms with Gasteiger partial charge in [0.25, 0.3) is 0 Å². The van der Waals surface area contributed by atoms with E-state index in [1.165, 1.54) is 0 Å². The molecule has 3 rings (SSSR count). The molecule has 0 saturated heterocycles. The molecule has 1 amide bonds. The highest BCUT2D eigenvalue weighted by Crippen LogP contribution is 2.37. The lowest BCUT2D eigenvalue weighted by Gasteiger charge is -2.15. The largest absolute Gasteiger partial charge is 0.376 e. The van der Waals surface area contributed by atoms with Gasteiger partial charge in [-0.2, -0.15) is 10.2 Å². The minimum Gasteiger partial charge on any atom is -0.376 e. The molecule has 23 heavy (non-hydrogen) atoms. The van der Waals surface area contributed by atoms with Crippen LogP contribution in [0.1, 0.15) is 42.8 Å². The summed E-state index contributed by atoms with van der Waals surface area (Å²) in [4.78, 5) is 20.7. The van der Waals surface area contributed by atoms with Crippen LogP contribution in [0.3, 0.4) is 0 Å². The lowest BCUT2D eigenvalue weighted by molar-refractivity contribution is -0.121. The lowest BCUT2D eigenvalue weighted by Crippen LogP contribution is -2.26. The highest BCUT2D eigenvalue weighted by atomic mass is 16.5. The second-order valence-electron chi connectivity index (χ2n) is 5.72. The van der Waals surface area contributed by atoms with Crippen LogP contribution >= 0.6 is 0 Å². The Labute approximate surface area is 135 Å². The van der Waals surface area contributed by atoms with Gasteiger partial charge >= 0.3 is 0 Å². The van der Waals surface area contributed by atoms with Crippen LogP contribution in [-0.2, 0) is 29.1 Å². The van der Waals surface area contributed by atoms with Gasteiger partial charge in [0.1, 0.15) is 5.82 Å². The molecule has 0 atom stereocenters. The van der Waals surface area contributed by atoms with Crippen molar-refractivity contribution in [2.24, 2.45) is 10.2 Å². The summed E-state index contributed by atoms with van der Waals surface area (Å²) in [7, 11) is 0. The summed E-state index contributed by atoms with van der Waals surface area (Å²) in [5.41, 5.74) is 1.63. The van der Waals surface area contributed by atoms with Crippen LogP contribution in [0.5, 0.6) is 0 Å². The number of rotatable bonds is 7. The molecule has 7 nitrogen and oxygen atoms in total. The Morgan fingerprint density at radius 3 is 3.09 bits per heavy atom. The number of hydrogen-bond donors (Lipinski definition) is 1. The SMILES string of the molecule is C#CCCC1(CCC(=O)NCc2ncc3c(n2)CCOC3)N=N1. The van der Waals surface area contributed by atoms with Crippen molar-refractivity contribution in [3.05, 3.63) is 23.3 Å². The Kier molecular flexibility index (Phi) is 4.63. The Bertz CT molecular complexity index is 659. The Balaban J connectivity index is 1.43. The smallest absolute Gasteiger partial charge is 0.220 e. The standard InChI is InChI=1S/C16H19N5O2/c1-2-3-6-16(20-21-16)7-4-15(22)18-10-14-17-9-12-11-23-8-5-13(12)19-14/h1,9H,3-8,10-11H2,(H,18,22). The van der Waals surface area contributed by atoms with Gasteiger partial charge in [-0.3, -0.25) is 4.79 Å². The van der Waals surface area contributed by atoms with Gasteiger partial charge in [-0.15, -0.1) is 12.3 Å². The zero-order chi connectivity index (χ0) is 16.1. The van der Waals surface area contributed by atoms with Crippen molar-refractivity contribution in [2.75, 3.05) is 6.61 Å². The first-order valence-corrected chi connectivity index (χ1v) is 7.76. The minimum atomic E-state index is -0.411. The molecule has 0 aromatic carbocycles. The van der Waals surface area contributed by atoms with Crippen molar-refractivity contribution in [1.29, 1.82) is 0 Å². The summed E-state index contributed by atoms with van der Waals surface area (Å²) >= 11 is 0. The van der Waals surface area contributed by atoms with Crippen molar-refractivity contribution < 1.29 is 9.53 Å². The summed E-state index contributed by atoms with van der Waals surface area (Å²) in [6, 6.07) is 0. The number of nitrogens with one attached hydrogen (secondary N) is 1. The molecule has 1 N–H and O–H groups in total. The number of ether oxygens (including phenoxy) is 1. The molecule has 0 unspecified atom stereocenters. The fourth-order valence-corrected chi connectivity index (χ4v) is 2.50. The third-order valence-electron chi connectivity index (χ3n) is 3.99. The van der Waals surface area contributed by atoms with Gasteiger partial charge in [0.05, 0.1) is 25.5 Å². The molecule has 120 valence electrons. The van der Waals surface area contributed by atoms with Crippen molar-refractivity contribution in [2.45, 2.75) is 50.9 Å². The number of nitrogens with zero attached hydrogens (tertiary/aromatic N) is 4. The predicted octanol–water partition coefficient (Wildman–Crippen LogP) is 1.52. The van der Waals surface area contributed by atoms with Gasteiger partial charge in [0.15, 0.2) is 5.66 Å². The van der Waals surface area contributed by atoms with Crippen LogP contribution < -0.4 is 5.32 Å². The van der Waals surface area contributed by atoms with E-state index in [9.17, 15) is 4.79 Å². The zero-order valence-electron chi connectivity index (χ0n) is 12.9. The van der Waals surface area contributed by atoms with Crippen LogP contribution in [0.25, 0.3) is 0 Å². The molecule has 0 saturated carbocycles. The number of carbonyl (C=O) groups is 1. The Morgan fingerprint density at radius 2 is 2.30 bits per heavy atom. The quantitative estimate of drug-likeness (QED) is 0.773. The average molecular weight is 313 g/mol. The van der Waals surface area contributed by atoms with Crippen LogP contribution in [0.2, 0.25) is 0 Å².